The maximum Gasteiger partial charge on any atom is 0.126 e. The summed E-state index contributed by atoms with van der Waals surface area (Å²) in [6.07, 6.45) is 0. The van der Waals surface area contributed by atoms with Gasteiger partial charge in [-0.2, -0.15) is 0 Å². The predicted molar refractivity (Wildman–Crippen MR) is 114 cm³/mol. The number of benzene rings is 3. The second-order valence-electron chi connectivity index (χ2n) is 6.64. The highest BCUT2D eigenvalue weighted by atomic mass is 35.5. The van der Waals surface area contributed by atoms with Gasteiger partial charge < -0.3 is 9.88 Å². The van der Waals surface area contributed by atoms with Crippen LogP contribution in [0, 0.1) is 6.92 Å². The third-order valence-electron chi connectivity index (χ3n) is 4.54. The van der Waals surface area contributed by atoms with Crippen LogP contribution < -0.4 is 4.90 Å². The Morgan fingerprint density at radius 3 is 2.41 bits per heavy atom. The second kappa shape index (κ2) is 7.63. The first-order chi connectivity index (χ1) is 13.1. The summed E-state index contributed by atoms with van der Waals surface area (Å²) in [5.41, 5.74) is 5.49. The lowest BCUT2D eigenvalue weighted by molar-refractivity contribution is 0.769. The highest BCUT2D eigenvalue weighted by molar-refractivity contribution is 6.42. The summed E-state index contributed by atoms with van der Waals surface area (Å²) in [7, 11) is 0. The largest absolute Gasteiger partial charge is 0.360 e. The SMILES string of the molecule is Cc1ccc(N(Cc2ccc(Cl)c(Cl)c2)Cc2nc3ccccc3[nH]2)cc1. The Balaban J connectivity index is 1.66. The van der Waals surface area contributed by atoms with Crippen LogP contribution in [0.3, 0.4) is 0 Å². The quantitative estimate of drug-likeness (QED) is 0.424. The Bertz CT molecular complexity index is 1040. The van der Waals surface area contributed by atoms with Crippen LogP contribution >= 0.6 is 23.2 Å². The van der Waals surface area contributed by atoms with Gasteiger partial charge in [-0.25, -0.2) is 4.98 Å². The fraction of sp³-hybridized carbons (Fsp3) is 0.136. The molecule has 1 aromatic heterocycles. The molecule has 0 radical (unpaired) electrons. The van der Waals surface area contributed by atoms with Gasteiger partial charge in [-0.15, -0.1) is 0 Å². The Kier molecular flexibility index (Phi) is 5.06. The molecular formula is C22H19Cl2N3. The van der Waals surface area contributed by atoms with Gasteiger partial charge in [0.2, 0.25) is 0 Å². The number of hydrogen-bond acceptors (Lipinski definition) is 2. The van der Waals surface area contributed by atoms with Crippen LogP contribution in [0.4, 0.5) is 5.69 Å². The van der Waals surface area contributed by atoms with Crippen LogP contribution in [0.2, 0.25) is 10.0 Å². The van der Waals surface area contributed by atoms with E-state index in [2.05, 4.69) is 41.1 Å². The molecule has 136 valence electrons. The van der Waals surface area contributed by atoms with Gasteiger partial charge in [0.15, 0.2) is 0 Å². The average molecular weight is 396 g/mol. The van der Waals surface area contributed by atoms with Gasteiger partial charge in [0.05, 0.1) is 27.6 Å². The summed E-state index contributed by atoms with van der Waals surface area (Å²) in [4.78, 5) is 10.4. The maximum absolute atomic E-state index is 6.21. The van der Waals surface area contributed by atoms with E-state index in [0.717, 1.165) is 28.1 Å². The van der Waals surface area contributed by atoms with Crippen LogP contribution in [-0.2, 0) is 13.1 Å². The lowest BCUT2D eigenvalue weighted by Gasteiger charge is -2.24. The van der Waals surface area contributed by atoms with Crippen molar-refractivity contribution in [3.8, 4) is 0 Å². The Labute approximate surface area is 168 Å². The molecule has 4 rings (SSSR count). The molecular weight excluding hydrogens is 377 g/mol. The number of rotatable bonds is 5. The first-order valence-corrected chi connectivity index (χ1v) is 9.53. The van der Waals surface area contributed by atoms with Gasteiger partial charge in [0, 0.05) is 12.2 Å². The molecule has 0 fully saturated rings. The van der Waals surface area contributed by atoms with Gasteiger partial charge in [0.25, 0.3) is 0 Å². The van der Waals surface area contributed by atoms with Crippen LogP contribution in [0.1, 0.15) is 17.0 Å². The summed E-state index contributed by atoms with van der Waals surface area (Å²) in [6, 6.07) is 22.4. The van der Waals surface area contributed by atoms with E-state index in [-0.39, 0.29) is 0 Å². The first-order valence-electron chi connectivity index (χ1n) is 8.78. The molecule has 0 aliphatic rings. The van der Waals surface area contributed by atoms with E-state index in [1.165, 1.54) is 5.56 Å². The number of imidazole rings is 1. The first kappa shape index (κ1) is 17.9. The lowest BCUT2D eigenvalue weighted by Crippen LogP contribution is -2.22. The molecule has 4 aromatic rings. The Morgan fingerprint density at radius 1 is 0.889 bits per heavy atom. The highest BCUT2D eigenvalue weighted by Gasteiger charge is 2.12. The van der Waals surface area contributed by atoms with Crippen molar-refractivity contribution in [3.05, 3.63) is 93.7 Å². The molecule has 3 aromatic carbocycles. The van der Waals surface area contributed by atoms with Gasteiger partial charge in [-0.3, -0.25) is 0 Å². The highest BCUT2D eigenvalue weighted by Crippen LogP contribution is 2.26. The number of halogens is 2. The van der Waals surface area contributed by atoms with E-state index in [0.29, 0.717) is 23.1 Å². The summed E-state index contributed by atoms with van der Waals surface area (Å²) < 4.78 is 0. The van der Waals surface area contributed by atoms with E-state index in [1.54, 1.807) is 0 Å². The minimum absolute atomic E-state index is 0.569. The van der Waals surface area contributed by atoms with Crippen molar-refractivity contribution in [2.75, 3.05) is 4.90 Å². The predicted octanol–water partition coefficient (Wildman–Crippen LogP) is 6.38. The third-order valence-corrected chi connectivity index (χ3v) is 5.27. The van der Waals surface area contributed by atoms with Gasteiger partial charge in [-0.1, -0.05) is 59.1 Å². The number of hydrogen-bond donors (Lipinski definition) is 1. The monoisotopic (exact) mass is 395 g/mol. The summed E-state index contributed by atoms with van der Waals surface area (Å²) >= 11 is 12.3. The fourth-order valence-electron chi connectivity index (χ4n) is 3.11. The number of para-hydroxylation sites is 2. The van der Waals surface area contributed by atoms with Gasteiger partial charge in [0.1, 0.15) is 5.82 Å². The lowest BCUT2D eigenvalue weighted by atomic mass is 10.1. The smallest absolute Gasteiger partial charge is 0.126 e. The number of nitrogens with zero attached hydrogens (tertiary/aromatic N) is 2. The number of fused-ring (bicyclic) bond motifs is 1. The van der Waals surface area contributed by atoms with E-state index >= 15 is 0 Å². The van der Waals surface area contributed by atoms with E-state index in [9.17, 15) is 0 Å². The molecule has 1 N–H and O–H groups in total. The molecule has 0 atom stereocenters. The molecule has 1 heterocycles. The molecule has 0 aliphatic carbocycles. The van der Waals surface area contributed by atoms with Crippen LogP contribution in [0.25, 0.3) is 11.0 Å². The van der Waals surface area contributed by atoms with Crippen molar-refractivity contribution in [2.24, 2.45) is 0 Å². The second-order valence-corrected chi connectivity index (χ2v) is 7.46. The number of anilines is 1. The maximum atomic E-state index is 6.21. The Morgan fingerprint density at radius 2 is 1.67 bits per heavy atom. The minimum Gasteiger partial charge on any atom is -0.360 e. The van der Waals surface area contributed by atoms with Gasteiger partial charge in [-0.05, 0) is 48.9 Å². The standard InChI is InChI=1S/C22H19Cl2N3/c1-15-6-9-17(10-7-15)27(13-16-8-11-18(23)19(24)12-16)14-22-25-20-4-2-3-5-21(20)26-22/h2-12H,13-14H2,1H3,(H,25,26). The molecule has 0 amide bonds. The number of H-pyrrole nitrogens is 1. The summed E-state index contributed by atoms with van der Waals surface area (Å²) in [6.45, 7) is 3.46. The minimum atomic E-state index is 0.569. The van der Waals surface area contributed by atoms with Crippen molar-refractivity contribution in [2.45, 2.75) is 20.0 Å². The zero-order valence-corrected chi connectivity index (χ0v) is 16.4. The molecule has 3 nitrogen and oxygen atoms in total. The van der Waals surface area contributed by atoms with E-state index in [4.69, 9.17) is 28.2 Å². The fourth-order valence-corrected chi connectivity index (χ4v) is 3.43. The number of aromatic amines is 1. The molecule has 0 bridgehead atoms. The van der Waals surface area contributed by atoms with Crippen LogP contribution in [-0.4, -0.2) is 9.97 Å². The van der Waals surface area contributed by atoms with Gasteiger partial charge >= 0.3 is 0 Å². The summed E-state index contributed by atoms with van der Waals surface area (Å²) in [5, 5.41) is 1.14. The van der Waals surface area contributed by atoms with E-state index in [1.807, 2.05) is 42.5 Å². The molecule has 0 aliphatic heterocycles. The van der Waals surface area contributed by atoms with Crippen molar-refractivity contribution < 1.29 is 0 Å². The number of aromatic nitrogens is 2. The van der Waals surface area contributed by atoms with Crippen LogP contribution in [0.5, 0.6) is 0 Å². The number of aryl methyl sites for hydroxylation is 1. The van der Waals surface area contributed by atoms with Crippen molar-refractivity contribution in [1.82, 2.24) is 9.97 Å². The van der Waals surface area contributed by atoms with E-state index < -0.39 is 0 Å². The van der Waals surface area contributed by atoms with Crippen molar-refractivity contribution in [3.63, 3.8) is 0 Å². The topological polar surface area (TPSA) is 31.9 Å². The molecule has 27 heavy (non-hydrogen) atoms. The molecule has 5 heteroatoms. The van der Waals surface area contributed by atoms with Crippen molar-refractivity contribution >= 4 is 39.9 Å². The number of nitrogens with one attached hydrogen (secondary N) is 1. The van der Waals surface area contributed by atoms with Crippen molar-refractivity contribution in [1.29, 1.82) is 0 Å². The zero-order chi connectivity index (χ0) is 18.8. The Hall–Kier alpha value is -2.49. The molecule has 0 unspecified atom stereocenters. The third kappa shape index (κ3) is 4.10. The average Bonchev–Trinajstić information content (AvgIpc) is 3.07. The molecule has 0 saturated carbocycles. The normalized spacial score (nSPS) is 11.1. The molecule has 0 spiro atoms. The molecule has 0 saturated heterocycles. The zero-order valence-electron chi connectivity index (χ0n) is 14.9. The van der Waals surface area contributed by atoms with Crippen LogP contribution in [0.15, 0.2) is 66.7 Å². The summed E-state index contributed by atoms with van der Waals surface area (Å²) in [5.74, 6) is 0.928.